The molecule has 2 N–H and O–H groups in total. The fourth-order valence-corrected chi connectivity index (χ4v) is 4.24. The van der Waals surface area contributed by atoms with E-state index in [0.717, 1.165) is 11.1 Å². The molecule has 1 aliphatic rings. The monoisotopic (exact) mass is 569 g/mol. The molecule has 3 aromatic carbocycles. The van der Waals surface area contributed by atoms with Crippen molar-refractivity contribution in [3.63, 3.8) is 0 Å². The van der Waals surface area contributed by atoms with E-state index in [2.05, 4.69) is 20.3 Å². The van der Waals surface area contributed by atoms with Gasteiger partial charge in [-0.1, -0.05) is 18.2 Å². The van der Waals surface area contributed by atoms with E-state index in [4.69, 9.17) is 9.47 Å². The molecule has 1 aromatic heterocycles. The van der Waals surface area contributed by atoms with Gasteiger partial charge in [-0.3, -0.25) is 9.59 Å². The summed E-state index contributed by atoms with van der Waals surface area (Å²) in [4.78, 5) is 40.1. The summed E-state index contributed by atoms with van der Waals surface area (Å²) in [7, 11) is 3.16. The van der Waals surface area contributed by atoms with Crippen molar-refractivity contribution in [3.8, 4) is 5.75 Å². The number of methoxy groups -OCH3 is 1. The Morgan fingerprint density at radius 1 is 1.08 bits per heavy atom. The predicted octanol–water partition coefficient (Wildman–Crippen LogP) is 5.50. The highest BCUT2D eigenvalue weighted by atomic mass is 35.5. The summed E-state index contributed by atoms with van der Waals surface area (Å²) >= 11 is 0. The molecule has 0 atom stereocenters. The van der Waals surface area contributed by atoms with Gasteiger partial charge in [0.1, 0.15) is 17.9 Å². The van der Waals surface area contributed by atoms with E-state index in [1.807, 2.05) is 50.2 Å². The topological polar surface area (TPSA) is 109 Å². The van der Waals surface area contributed by atoms with E-state index in [1.54, 1.807) is 42.5 Å². The number of anilines is 2. The molecule has 9 nitrogen and oxygen atoms in total. The third-order valence-corrected chi connectivity index (χ3v) is 6.16. The smallest absolute Gasteiger partial charge is 0.259 e. The first-order valence-electron chi connectivity index (χ1n) is 11.8. The van der Waals surface area contributed by atoms with E-state index >= 15 is 0 Å². The molecule has 0 fully saturated rings. The zero-order valence-corrected chi connectivity index (χ0v) is 23.5. The van der Waals surface area contributed by atoms with Gasteiger partial charge in [0.2, 0.25) is 5.90 Å². The summed E-state index contributed by atoms with van der Waals surface area (Å²) in [5.41, 5.74) is 3.78. The second-order valence-electron chi connectivity index (χ2n) is 9.37. The quantitative estimate of drug-likeness (QED) is 0.318. The van der Waals surface area contributed by atoms with Crippen LogP contribution in [-0.4, -0.2) is 54.0 Å². The number of nitrogens with zero attached hydrogens (tertiary/aromatic N) is 3. The van der Waals surface area contributed by atoms with Crippen LogP contribution in [0.1, 0.15) is 40.1 Å². The van der Waals surface area contributed by atoms with Crippen molar-refractivity contribution >= 4 is 64.9 Å². The maximum atomic E-state index is 13.5. The lowest BCUT2D eigenvalue weighted by atomic mass is 10.1. The Balaban J connectivity index is 0.00000210. The average Bonchev–Trinajstić information content (AvgIpc) is 3.54. The maximum Gasteiger partial charge on any atom is 0.259 e. The molecule has 11 heteroatoms. The summed E-state index contributed by atoms with van der Waals surface area (Å²) in [6.45, 7) is 4.47. The van der Waals surface area contributed by atoms with Gasteiger partial charge in [-0.25, -0.2) is 9.98 Å². The van der Waals surface area contributed by atoms with E-state index in [-0.39, 0.29) is 47.9 Å². The van der Waals surface area contributed by atoms with Crippen LogP contribution in [0.5, 0.6) is 5.75 Å². The molecule has 204 valence electrons. The first-order valence-corrected chi connectivity index (χ1v) is 11.8. The molecule has 0 radical (unpaired) electrons. The normalized spacial score (nSPS) is 13.4. The Hall–Kier alpha value is -4.08. The second-order valence-corrected chi connectivity index (χ2v) is 9.37. The number of nitrogens with one attached hydrogen (secondary N) is 2. The number of carbonyl (C=O) groups is 2. The largest absolute Gasteiger partial charge is 0.496 e. The van der Waals surface area contributed by atoms with Gasteiger partial charge in [0.25, 0.3) is 11.8 Å². The number of aromatic nitrogens is 2. The number of para-hydroxylation sites is 2. The van der Waals surface area contributed by atoms with Crippen LogP contribution in [0.25, 0.3) is 11.0 Å². The van der Waals surface area contributed by atoms with Crippen LogP contribution >= 0.6 is 24.8 Å². The third kappa shape index (κ3) is 5.84. The number of imidazole rings is 1. The number of halogens is 2. The Morgan fingerprint density at radius 2 is 1.85 bits per heavy atom. The number of benzene rings is 3. The first kappa shape index (κ1) is 29.5. The van der Waals surface area contributed by atoms with Crippen molar-refractivity contribution in [1.29, 1.82) is 0 Å². The van der Waals surface area contributed by atoms with E-state index in [9.17, 15) is 9.59 Å². The first-order chi connectivity index (χ1) is 17.8. The van der Waals surface area contributed by atoms with E-state index in [1.165, 1.54) is 7.11 Å². The summed E-state index contributed by atoms with van der Waals surface area (Å²) in [5, 5.41) is 2.88. The zero-order chi connectivity index (χ0) is 26.2. The summed E-state index contributed by atoms with van der Waals surface area (Å²) in [5.74, 6) is 0.155. The third-order valence-electron chi connectivity index (χ3n) is 6.16. The van der Waals surface area contributed by atoms with Crippen molar-refractivity contribution in [3.05, 3.63) is 83.7 Å². The van der Waals surface area contributed by atoms with E-state index in [0.29, 0.717) is 40.5 Å². The number of fused-ring (bicyclic) bond motifs is 1. The summed E-state index contributed by atoms with van der Waals surface area (Å²) in [6, 6.07) is 17.7. The Bertz CT molecular complexity index is 1550. The van der Waals surface area contributed by atoms with Crippen LogP contribution in [0.3, 0.4) is 0 Å². The van der Waals surface area contributed by atoms with Gasteiger partial charge < -0.3 is 24.7 Å². The lowest BCUT2D eigenvalue weighted by Gasteiger charge is -2.21. The molecule has 0 saturated carbocycles. The van der Waals surface area contributed by atoms with Crippen molar-refractivity contribution in [2.75, 3.05) is 31.0 Å². The van der Waals surface area contributed by atoms with Gasteiger partial charge in [-0.15, -0.1) is 24.8 Å². The van der Waals surface area contributed by atoms with Crippen molar-refractivity contribution in [2.24, 2.45) is 4.99 Å². The molecule has 2 heterocycles. The van der Waals surface area contributed by atoms with Crippen LogP contribution in [0, 0.1) is 0 Å². The molecule has 0 unspecified atom stereocenters. The lowest BCUT2D eigenvalue weighted by molar-refractivity contribution is 0.0988. The Labute approximate surface area is 238 Å². The van der Waals surface area contributed by atoms with Crippen molar-refractivity contribution < 1.29 is 19.1 Å². The number of H-pyrrole nitrogens is 1. The molecule has 0 saturated heterocycles. The maximum absolute atomic E-state index is 13.5. The van der Waals surface area contributed by atoms with Crippen LogP contribution in [-0.2, 0) is 4.74 Å². The van der Waals surface area contributed by atoms with Gasteiger partial charge in [0, 0.05) is 12.6 Å². The minimum atomic E-state index is -0.371. The number of aliphatic imine (C=N–C) groups is 1. The lowest BCUT2D eigenvalue weighted by Crippen LogP contribution is -2.28. The average molecular weight is 570 g/mol. The Morgan fingerprint density at radius 3 is 2.56 bits per heavy atom. The van der Waals surface area contributed by atoms with Crippen molar-refractivity contribution in [1.82, 2.24) is 9.97 Å². The molecular formula is C28H29Cl2N5O4. The minimum Gasteiger partial charge on any atom is -0.496 e. The van der Waals surface area contributed by atoms with Gasteiger partial charge >= 0.3 is 0 Å². The molecule has 0 spiro atoms. The van der Waals surface area contributed by atoms with Crippen LogP contribution in [0.4, 0.5) is 11.4 Å². The molecule has 39 heavy (non-hydrogen) atoms. The molecule has 4 aromatic rings. The van der Waals surface area contributed by atoms with Gasteiger partial charge in [-0.2, -0.15) is 0 Å². The van der Waals surface area contributed by atoms with E-state index < -0.39 is 0 Å². The number of amides is 2. The highest BCUT2D eigenvalue weighted by Crippen LogP contribution is 2.29. The molecule has 0 aliphatic carbocycles. The van der Waals surface area contributed by atoms with Crippen LogP contribution in [0.15, 0.2) is 72.0 Å². The molecule has 0 bridgehead atoms. The van der Waals surface area contributed by atoms with Crippen LogP contribution in [0.2, 0.25) is 0 Å². The number of hydrogen-bond donors (Lipinski definition) is 2. The molecule has 5 rings (SSSR count). The van der Waals surface area contributed by atoms with Gasteiger partial charge in [0.05, 0.1) is 47.0 Å². The molecule has 1 aliphatic heterocycles. The standard InChI is InChI=1S/C28H27N5O4.2ClH/c1-28(2)15-37-26(32-28)18-8-5-6-11-22(18)33(3)27(35)17-12-13-19(23(14-17)36-4)25(34)31-21-10-7-9-20-24(21)30-16-29-20;;/h5-14,16H,15H2,1-4H3,(H,29,30)(H,31,34);2*1H. The SMILES string of the molecule is COc1cc(C(=O)N(C)c2ccccc2C2=NC(C)(C)CO2)ccc1C(=O)Nc1cccc2[nH]cnc12.Cl.Cl. The number of carbonyl (C=O) groups excluding carboxylic acids is 2. The fraction of sp³-hybridized carbons (Fsp3) is 0.214. The zero-order valence-electron chi connectivity index (χ0n) is 21.8. The number of rotatable bonds is 6. The predicted molar refractivity (Wildman–Crippen MR) is 157 cm³/mol. The summed E-state index contributed by atoms with van der Waals surface area (Å²) < 4.78 is 11.3. The molecular weight excluding hydrogens is 541 g/mol. The van der Waals surface area contributed by atoms with Crippen molar-refractivity contribution in [2.45, 2.75) is 19.4 Å². The minimum absolute atomic E-state index is 0. The van der Waals surface area contributed by atoms with Gasteiger partial charge in [-0.05, 0) is 56.3 Å². The van der Waals surface area contributed by atoms with Gasteiger partial charge in [0.15, 0.2) is 0 Å². The second kappa shape index (κ2) is 11.8. The van der Waals surface area contributed by atoms with Crippen LogP contribution < -0.4 is 15.0 Å². The summed E-state index contributed by atoms with van der Waals surface area (Å²) in [6.07, 6.45) is 1.57. The fourth-order valence-electron chi connectivity index (χ4n) is 4.24. The highest BCUT2D eigenvalue weighted by molar-refractivity contribution is 6.13. The molecule has 2 amide bonds. The number of hydrogen-bond acceptors (Lipinski definition) is 6. The highest BCUT2D eigenvalue weighted by Gasteiger charge is 2.29. The number of aromatic amines is 1. The number of ether oxygens (including phenoxy) is 2. The Kier molecular flexibility index (Phi) is 8.88.